The summed E-state index contributed by atoms with van der Waals surface area (Å²) in [4.78, 5) is 0. The molecule has 0 atom stereocenters. The molecule has 7 aromatic carbocycles. The first-order valence-electron chi connectivity index (χ1n) is 14.5. The van der Waals surface area contributed by atoms with Crippen LogP contribution in [-0.2, 0) is 0 Å². The fourth-order valence-electron chi connectivity index (χ4n) is 6.39. The Kier molecular flexibility index (Phi) is 5.88. The van der Waals surface area contributed by atoms with E-state index < -0.39 is 0 Å². The molecule has 0 saturated carbocycles. The van der Waals surface area contributed by atoms with Crippen LogP contribution in [0.3, 0.4) is 0 Å². The van der Waals surface area contributed by atoms with Gasteiger partial charge in [-0.3, -0.25) is 0 Å². The van der Waals surface area contributed by atoms with Crippen LogP contribution < -0.4 is 0 Å². The lowest BCUT2D eigenvalue weighted by Crippen LogP contribution is -1.94. The zero-order valence-electron chi connectivity index (χ0n) is 23.4. The highest BCUT2D eigenvalue weighted by molar-refractivity contribution is 6.09. The summed E-state index contributed by atoms with van der Waals surface area (Å²) in [5.41, 5.74) is 11.3. The molecule has 1 aromatic heterocycles. The standard InChI is InChI=1S/C41H26N2/c42-27-28-15-17-29(18-16-28)30-19-21-31(22-20-30)35-11-5-7-33-8-6-12-36(41(33)35)32-23-25-34(26-24-32)43-39-13-3-1-9-37(39)38-10-2-4-14-40(38)43/h1-26H. The van der Waals surface area contributed by atoms with E-state index in [1.54, 1.807) is 0 Å². The predicted molar refractivity (Wildman–Crippen MR) is 179 cm³/mol. The number of rotatable bonds is 4. The quantitative estimate of drug-likeness (QED) is 0.216. The molecule has 43 heavy (non-hydrogen) atoms. The van der Waals surface area contributed by atoms with E-state index in [9.17, 15) is 0 Å². The molecule has 0 aliphatic rings. The summed E-state index contributed by atoms with van der Waals surface area (Å²) < 4.78 is 2.36. The normalized spacial score (nSPS) is 11.2. The van der Waals surface area contributed by atoms with Crippen molar-refractivity contribution in [2.24, 2.45) is 0 Å². The minimum Gasteiger partial charge on any atom is -0.309 e. The molecule has 2 heteroatoms. The molecule has 2 nitrogen and oxygen atoms in total. The first-order valence-corrected chi connectivity index (χ1v) is 14.5. The van der Waals surface area contributed by atoms with Crippen molar-refractivity contribution in [1.29, 1.82) is 5.26 Å². The first kappa shape index (κ1) is 24.9. The van der Waals surface area contributed by atoms with Gasteiger partial charge in [-0.1, -0.05) is 121 Å². The third-order valence-corrected chi connectivity index (χ3v) is 8.46. The molecule has 1 heterocycles. The number of fused-ring (bicyclic) bond motifs is 4. The SMILES string of the molecule is N#Cc1ccc(-c2ccc(-c3cccc4cccc(-c5ccc(-n6c7ccccc7c7ccccc76)cc5)c34)cc2)cc1. The maximum atomic E-state index is 9.13. The van der Waals surface area contributed by atoms with Crippen LogP contribution in [-0.4, -0.2) is 4.57 Å². The van der Waals surface area contributed by atoms with Crippen molar-refractivity contribution in [2.75, 3.05) is 0 Å². The van der Waals surface area contributed by atoms with Gasteiger partial charge >= 0.3 is 0 Å². The maximum Gasteiger partial charge on any atom is 0.0991 e. The van der Waals surface area contributed by atoms with E-state index in [1.165, 1.54) is 54.8 Å². The van der Waals surface area contributed by atoms with Gasteiger partial charge in [0.2, 0.25) is 0 Å². The van der Waals surface area contributed by atoms with Gasteiger partial charge in [0.25, 0.3) is 0 Å². The van der Waals surface area contributed by atoms with E-state index in [4.69, 9.17) is 5.26 Å². The van der Waals surface area contributed by atoms with Crippen molar-refractivity contribution in [3.8, 4) is 45.1 Å². The van der Waals surface area contributed by atoms with E-state index in [0.29, 0.717) is 5.56 Å². The second-order valence-corrected chi connectivity index (χ2v) is 10.9. The average Bonchev–Trinajstić information content (AvgIpc) is 3.42. The summed E-state index contributed by atoms with van der Waals surface area (Å²) in [5, 5.41) is 14.1. The van der Waals surface area contributed by atoms with Crippen molar-refractivity contribution >= 4 is 32.6 Å². The Hall–Kier alpha value is -5.91. The Bertz CT molecular complexity index is 2260. The topological polar surface area (TPSA) is 28.7 Å². The zero-order valence-corrected chi connectivity index (χ0v) is 23.4. The lowest BCUT2D eigenvalue weighted by atomic mass is 9.91. The maximum absolute atomic E-state index is 9.13. The Morgan fingerprint density at radius 1 is 0.419 bits per heavy atom. The second-order valence-electron chi connectivity index (χ2n) is 10.9. The summed E-state index contributed by atoms with van der Waals surface area (Å²) in [6, 6.07) is 58.0. The van der Waals surface area contributed by atoms with E-state index in [2.05, 4.69) is 144 Å². The summed E-state index contributed by atoms with van der Waals surface area (Å²) in [5.74, 6) is 0. The van der Waals surface area contributed by atoms with Gasteiger partial charge in [-0.15, -0.1) is 0 Å². The molecular formula is C41H26N2. The van der Waals surface area contributed by atoms with Gasteiger partial charge in [-0.2, -0.15) is 5.26 Å². The third kappa shape index (κ3) is 4.19. The molecule has 200 valence electrons. The highest BCUT2D eigenvalue weighted by Gasteiger charge is 2.13. The van der Waals surface area contributed by atoms with Crippen LogP contribution >= 0.6 is 0 Å². The van der Waals surface area contributed by atoms with Crippen LogP contribution in [0, 0.1) is 11.3 Å². The summed E-state index contributed by atoms with van der Waals surface area (Å²) >= 11 is 0. The van der Waals surface area contributed by atoms with E-state index >= 15 is 0 Å². The average molecular weight is 547 g/mol. The Morgan fingerprint density at radius 3 is 1.42 bits per heavy atom. The number of hydrogen-bond acceptors (Lipinski definition) is 1. The summed E-state index contributed by atoms with van der Waals surface area (Å²) in [6.45, 7) is 0. The Balaban J connectivity index is 1.21. The fourth-order valence-corrected chi connectivity index (χ4v) is 6.39. The molecule has 0 N–H and O–H groups in total. The number of para-hydroxylation sites is 2. The summed E-state index contributed by atoms with van der Waals surface area (Å²) in [7, 11) is 0. The van der Waals surface area contributed by atoms with E-state index in [0.717, 1.165) is 16.8 Å². The molecule has 0 aliphatic carbocycles. The number of nitrogens with zero attached hydrogens (tertiary/aromatic N) is 2. The number of benzene rings is 7. The third-order valence-electron chi connectivity index (χ3n) is 8.46. The largest absolute Gasteiger partial charge is 0.309 e. The molecule has 0 unspecified atom stereocenters. The van der Waals surface area contributed by atoms with Crippen molar-refractivity contribution in [1.82, 2.24) is 4.57 Å². The lowest BCUT2D eigenvalue weighted by Gasteiger charge is -2.14. The Labute approximate surface area is 250 Å². The molecule has 0 amide bonds. The second kappa shape index (κ2) is 10.2. The lowest BCUT2D eigenvalue weighted by molar-refractivity contribution is 1.18. The van der Waals surface area contributed by atoms with Crippen LogP contribution in [0.15, 0.2) is 158 Å². The highest BCUT2D eigenvalue weighted by Crippen LogP contribution is 2.38. The summed E-state index contributed by atoms with van der Waals surface area (Å²) in [6.07, 6.45) is 0. The van der Waals surface area contributed by atoms with Crippen molar-refractivity contribution in [3.05, 3.63) is 163 Å². The van der Waals surface area contributed by atoms with Crippen molar-refractivity contribution in [2.45, 2.75) is 0 Å². The molecule has 8 aromatic rings. The number of hydrogen-bond donors (Lipinski definition) is 0. The van der Waals surface area contributed by atoms with Gasteiger partial charge in [0.05, 0.1) is 22.7 Å². The number of aromatic nitrogens is 1. The van der Waals surface area contributed by atoms with Crippen LogP contribution in [0.2, 0.25) is 0 Å². The molecule has 0 aliphatic heterocycles. The minimum atomic E-state index is 0.673. The van der Waals surface area contributed by atoms with Crippen LogP contribution in [0.4, 0.5) is 0 Å². The highest BCUT2D eigenvalue weighted by atomic mass is 15.0. The van der Waals surface area contributed by atoms with Crippen LogP contribution in [0.5, 0.6) is 0 Å². The van der Waals surface area contributed by atoms with E-state index in [1.807, 2.05) is 24.3 Å². The smallest absolute Gasteiger partial charge is 0.0991 e. The molecule has 8 rings (SSSR count). The van der Waals surface area contributed by atoms with Gasteiger partial charge in [0.1, 0.15) is 0 Å². The molecule has 0 radical (unpaired) electrons. The van der Waals surface area contributed by atoms with Crippen molar-refractivity contribution < 1.29 is 0 Å². The molecule has 0 saturated heterocycles. The number of nitriles is 1. The Morgan fingerprint density at radius 2 is 0.884 bits per heavy atom. The van der Waals surface area contributed by atoms with Gasteiger partial charge in [0, 0.05) is 16.5 Å². The first-order chi connectivity index (χ1) is 21.3. The molecule has 0 spiro atoms. The van der Waals surface area contributed by atoms with E-state index in [-0.39, 0.29) is 0 Å². The minimum absolute atomic E-state index is 0.673. The fraction of sp³-hybridized carbons (Fsp3) is 0. The van der Waals surface area contributed by atoms with Gasteiger partial charge in [-0.05, 0) is 80.6 Å². The van der Waals surface area contributed by atoms with Crippen LogP contribution in [0.25, 0.3) is 71.6 Å². The monoisotopic (exact) mass is 546 g/mol. The molecule has 0 bridgehead atoms. The van der Waals surface area contributed by atoms with Crippen molar-refractivity contribution in [3.63, 3.8) is 0 Å². The van der Waals surface area contributed by atoms with Gasteiger partial charge in [-0.25, -0.2) is 0 Å². The molecular weight excluding hydrogens is 520 g/mol. The van der Waals surface area contributed by atoms with Gasteiger partial charge < -0.3 is 4.57 Å². The molecule has 0 fully saturated rings. The van der Waals surface area contributed by atoms with Gasteiger partial charge in [0.15, 0.2) is 0 Å². The van der Waals surface area contributed by atoms with Crippen LogP contribution in [0.1, 0.15) is 5.56 Å². The zero-order chi connectivity index (χ0) is 28.8. The predicted octanol–water partition coefficient (Wildman–Crippen LogP) is 10.8.